The first kappa shape index (κ1) is 26.3. The largest absolute Gasteiger partial charge is 0.490 e. The van der Waals surface area contributed by atoms with Gasteiger partial charge in [0.15, 0.2) is 0 Å². The Balaban J connectivity index is 1.16. The second kappa shape index (κ2) is 11.7. The molecule has 2 aromatic carbocycles. The van der Waals surface area contributed by atoms with Crippen molar-refractivity contribution in [2.75, 3.05) is 32.8 Å². The molecular weight excluding hydrogens is 492 g/mol. The lowest BCUT2D eigenvalue weighted by molar-refractivity contribution is -0.0361. The fraction of sp³-hybridized carbons (Fsp3) is 0.548. The van der Waals surface area contributed by atoms with Crippen molar-refractivity contribution in [1.29, 1.82) is 0 Å². The molecule has 3 fully saturated rings. The monoisotopic (exact) mass is 532 g/mol. The number of aliphatic hydroxyl groups excluding tert-OH is 1. The molecule has 2 heterocycles. The van der Waals surface area contributed by atoms with Crippen molar-refractivity contribution >= 4 is 16.8 Å². The Morgan fingerprint density at radius 1 is 1.08 bits per heavy atom. The SMILES string of the molecule is O=C(NCC1(N2CCOCC2)CCCCC1)c1ccc2[nH]nc(-c3ccc(O[C@H]4CCC[C@@H](O)C4)cc3)c2c1. The summed E-state index contributed by atoms with van der Waals surface area (Å²) in [5.74, 6) is 0.760. The van der Waals surface area contributed by atoms with Gasteiger partial charge in [-0.25, -0.2) is 0 Å². The first-order valence-electron chi connectivity index (χ1n) is 14.6. The molecule has 0 unspecified atom stereocenters. The molecule has 1 amide bonds. The van der Waals surface area contributed by atoms with Crippen LogP contribution >= 0.6 is 0 Å². The van der Waals surface area contributed by atoms with Gasteiger partial charge in [0.1, 0.15) is 11.9 Å². The van der Waals surface area contributed by atoms with E-state index in [0.717, 1.165) is 86.3 Å². The van der Waals surface area contributed by atoms with E-state index in [9.17, 15) is 9.90 Å². The third kappa shape index (κ3) is 5.83. The number of aliphatic hydroxyl groups is 1. The van der Waals surface area contributed by atoms with Crippen LogP contribution < -0.4 is 10.1 Å². The predicted molar refractivity (Wildman–Crippen MR) is 151 cm³/mol. The minimum absolute atomic E-state index is 0.0299. The van der Waals surface area contributed by atoms with Crippen molar-refractivity contribution in [3.63, 3.8) is 0 Å². The number of hydrogen-bond acceptors (Lipinski definition) is 6. The Morgan fingerprint density at radius 2 is 1.87 bits per heavy atom. The van der Waals surface area contributed by atoms with Gasteiger partial charge in [-0.15, -0.1) is 0 Å². The molecule has 39 heavy (non-hydrogen) atoms. The van der Waals surface area contributed by atoms with Gasteiger partial charge in [-0.1, -0.05) is 19.3 Å². The van der Waals surface area contributed by atoms with Gasteiger partial charge in [0.25, 0.3) is 5.91 Å². The maximum absolute atomic E-state index is 13.4. The lowest BCUT2D eigenvalue weighted by Gasteiger charge is -2.48. The van der Waals surface area contributed by atoms with Crippen LogP contribution in [0.4, 0.5) is 0 Å². The molecule has 0 radical (unpaired) electrons. The average Bonchev–Trinajstić information content (AvgIpc) is 3.41. The zero-order chi connectivity index (χ0) is 26.7. The number of nitrogens with one attached hydrogen (secondary N) is 2. The van der Waals surface area contributed by atoms with E-state index in [4.69, 9.17) is 9.47 Å². The van der Waals surface area contributed by atoms with Crippen LogP contribution in [0.2, 0.25) is 0 Å². The van der Waals surface area contributed by atoms with E-state index in [1.807, 2.05) is 42.5 Å². The number of nitrogens with zero attached hydrogens (tertiary/aromatic N) is 2. The topological polar surface area (TPSA) is 99.7 Å². The van der Waals surface area contributed by atoms with Crippen LogP contribution in [0.25, 0.3) is 22.2 Å². The molecule has 0 spiro atoms. The van der Waals surface area contributed by atoms with Crippen molar-refractivity contribution in [1.82, 2.24) is 20.4 Å². The molecule has 6 rings (SSSR count). The summed E-state index contributed by atoms with van der Waals surface area (Å²) < 4.78 is 11.7. The van der Waals surface area contributed by atoms with Crippen LogP contribution in [0.3, 0.4) is 0 Å². The third-order valence-corrected chi connectivity index (χ3v) is 8.90. The van der Waals surface area contributed by atoms with Gasteiger partial charge in [-0.2, -0.15) is 5.10 Å². The number of aromatic nitrogens is 2. The lowest BCUT2D eigenvalue weighted by Crippen LogP contribution is -2.59. The summed E-state index contributed by atoms with van der Waals surface area (Å²) >= 11 is 0. The second-order valence-corrected chi connectivity index (χ2v) is 11.5. The van der Waals surface area contributed by atoms with Gasteiger partial charge in [0.2, 0.25) is 0 Å². The Hall–Kier alpha value is -2.94. The van der Waals surface area contributed by atoms with E-state index in [1.54, 1.807) is 0 Å². The van der Waals surface area contributed by atoms with Gasteiger partial charge in [0, 0.05) is 48.1 Å². The Bertz CT molecular complexity index is 1260. The number of benzene rings is 2. The predicted octanol–water partition coefficient (Wildman–Crippen LogP) is 4.68. The number of H-pyrrole nitrogens is 1. The smallest absolute Gasteiger partial charge is 0.251 e. The summed E-state index contributed by atoms with van der Waals surface area (Å²) in [5, 5.41) is 21.8. The highest BCUT2D eigenvalue weighted by Gasteiger charge is 2.39. The number of rotatable bonds is 7. The van der Waals surface area contributed by atoms with E-state index in [1.165, 1.54) is 19.3 Å². The summed E-state index contributed by atoms with van der Waals surface area (Å²) in [6.45, 7) is 4.08. The quantitative estimate of drug-likeness (QED) is 0.409. The molecule has 3 N–H and O–H groups in total. The molecule has 3 aliphatic rings. The van der Waals surface area contributed by atoms with Gasteiger partial charge in [-0.05, 0) is 74.6 Å². The fourth-order valence-electron chi connectivity index (χ4n) is 6.69. The highest BCUT2D eigenvalue weighted by Crippen LogP contribution is 2.34. The summed E-state index contributed by atoms with van der Waals surface area (Å²) in [6.07, 6.45) is 9.25. The number of carbonyl (C=O) groups excluding carboxylic acids is 1. The lowest BCUT2D eigenvalue weighted by atomic mass is 9.79. The van der Waals surface area contributed by atoms with Crippen LogP contribution in [-0.4, -0.2) is 76.7 Å². The first-order valence-corrected chi connectivity index (χ1v) is 14.6. The van der Waals surface area contributed by atoms with Crippen molar-refractivity contribution in [2.24, 2.45) is 0 Å². The molecule has 3 aromatic rings. The first-order chi connectivity index (χ1) is 19.1. The van der Waals surface area contributed by atoms with Gasteiger partial charge in [0.05, 0.1) is 30.5 Å². The van der Waals surface area contributed by atoms with Crippen molar-refractivity contribution in [3.8, 4) is 17.0 Å². The van der Waals surface area contributed by atoms with E-state index in [-0.39, 0.29) is 23.7 Å². The Labute approximate surface area is 230 Å². The molecule has 1 aromatic heterocycles. The Morgan fingerprint density at radius 3 is 2.64 bits per heavy atom. The number of morpholine rings is 1. The summed E-state index contributed by atoms with van der Waals surface area (Å²) in [4.78, 5) is 15.9. The van der Waals surface area contributed by atoms with Gasteiger partial charge >= 0.3 is 0 Å². The summed E-state index contributed by atoms with van der Waals surface area (Å²) in [6, 6.07) is 13.7. The molecule has 1 aliphatic heterocycles. The zero-order valence-electron chi connectivity index (χ0n) is 22.7. The molecule has 8 nitrogen and oxygen atoms in total. The fourth-order valence-corrected chi connectivity index (χ4v) is 6.69. The molecule has 8 heteroatoms. The molecule has 0 bridgehead atoms. The summed E-state index contributed by atoms with van der Waals surface area (Å²) in [5.41, 5.74) is 3.35. The standard InChI is InChI=1S/C31H40N4O4/c36-24-5-4-6-26(20-24)39-25-10-7-22(8-11-25)29-27-19-23(9-12-28(27)33-34-29)30(37)32-21-31(13-2-1-3-14-31)35-15-17-38-18-16-35/h7-12,19,24,26,36H,1-6,13-18,20-21H2,(H,32,37)(H,33,34)/t24-,26+/m1/s1. The molecule has 2 saturated carbocycles. The van der Waals surface area contributed by atoms with Crippen LogP contribution in [0.5, 0.6) is 5.75 Å². The number of fused-ring (bicyclic) bond motifs is 1. The highest BCUT2D eigenvalue weighted by atomic mass is 16.5. The second-order valence-electron chi connectivity index (χ2n) is 11.5. The average molecular weight is 533 g/mol. The van der Waals surface area contributed by atoms with Crippen molar-refractivity contribution in [2.45, 2.75) is 75.5 Å². The molecule has 2 atom stereocenters. The minimum Gasteiger partial charge on any atom is -0.490 e. The third-order valence-electron chi connectivity index (χ3n) is 8.90. The van der Waals surface area contributed by atoms with Crippen molar-refractivity contribution < 1.29 is 19.4 Å². The van der Waals surface area contributed by atoms with Crippen LogP contribution in [0.1, 0.15) is 68.1 Å². The molecule has 1 saturated heterocycles. The molecule has 2 aliphatic carbocycles. The zero-order valence-corrected chi connectivity index (χ0v) is 22.7. The van der Waals surface area contributed by atoms with Gasteiger partial charge < -0.3 is 19.9 Å². The summed E-state index contributed by atoms with van der Waals surface area (Å²) in [7, 11) is 0. The molecule has 208 valence electrons. The van der Waals surface area contributed by atoms with E-state index < -0.39 is 0 Å². The van der Waals surface area contributed by atoms with E-state index in [0.29, 0.717) is 18.5 Å². The maximum atomic E-state index is 13.4. The molecular formula is C31H40N4O4. The van der Waals surface area contributed by atoms with E-state index >= 15 is 0 Å². The number of carbonyl (C=O) groups is 1. The van der Waals surface area contributed by atoms with Gasteiger partial charge in [-0.3, -0.25) is 14.8 Å². The number of ether oxygens (including phenoxy) is 2. The van der Waals surface area contributed by atoms with Crippen LogP contribution in [0, 0.1) is 0 Å². The van der Waals surface area contributed by atoms with Crippen molar-refractivity contribution in [3.05, 3.63) is 48.0 Å². The number of aromatic amines is 1. The normalized spacial score (nSPS) is 23.9. The maximum Gasteiger partial charge on any atom is 0.251 e. The number of hydrogen-bond donors (Lipinski definition) is 3. The van der Waals surface area contributed by atoms with Crippen LogP contribution in [-0.2, 0) is 4.74 Å². The van der Waals surface area contributed by atoms with E-state index in [2.05, 4.69) is 20.4 Å². The number of amides is 1. The van der Waals surface area contributed by atoms with Crippen LogP contribution in [0.15, 0.2) is 42.5 Å². The highest BCUT2D eigenvalue weighted by molar-refractivity contribution is 6.01. The Kier molecular flexibility index (Phi) is 7.86. The minimum atomic E-state index is -0.266.